The molecule has 0 saturated carbocycles. The van der Waals surface area contributed by atoms with Gasteiger partial charge in [-0.15, -0.1) is 0 Å². The lowest BCUT2D eigenvalue weighted by atomic mass is 10.1. The SMILES string of the molecule is Cc1cc(C)c(S(=O)(=O)N2CCN(c3ccc4nc(C)[nH]c4c3)CC2)c(C)c1. The van der Waals surface area contributed by atoms with Crippen LogP contribution in [0.4, 0.5) is 5.69 Å². The zero-order valence-corrected chi connectivity index (χ0v) is 17.6. The Balaban J connectivity index is 1.54. The lowest BCUT2D eigenvalue weighted by Gasteiger charge is -2.35. The predicted octanol–water partition coefficient (Wildman–Crippen LogP) is 3.31. The summed E-state index contributed by atoms with van der Waals surface area (Å²) in [5.74, 6) is 0.895. The molecule has 0 radical (unpaired) electrons. The average molecular weight is 399 g/mol. The van der Waals surface area contributed by atoms with E-state index in [0.29, 0.717) is 31.1 Å². The van der Waals surface area contributed by atoms with Crippen LogP contribution in [0, 0.1) is 27.7 Å². The summed E-state index contributed by atoms with van der Waals surface area (Å²) >= 11 is 0. The summed E-state index contributed by atoms with van der Waals surface area (Å²) in [6.07, 6.45) is 0. The van der Waals surface area contributed by atoms with Gasteiger partial charge in [0.15, 0.2) is 0 Å². The zero-order valence-electron chi connectivity index (χ0n) is 16.8. The van der Waals surface area contributed by atoms with Crippen LogP contribution >= 0.6 is 0 Å². The highest BCUT2D eigenvalue weighted by molar-refractivity contribution is 7.89. The number of fused-ring (bicyclic) bond motifs is 1. The number of hydrogen-bond donors (Lipinski definition) is 1. The van der Waals surface area contributed by atoms with Crippen molar-refractivity contribution in [3.05, 3.63) is 52.8 Å². The Hall–Kier alpha value is -2.38. The van der Waals surface area contributed by atoms with E-state index in [1.165, 1.54) is 0 Å². The van der Waals surface area contributed by atoms with E-state index in [2.05, 4.69) is 27.0 Å². The number of anilines is 1. The van der Waals surface area contributed by atoms with Crippen molar-refractivity contribution < 1.29 is 8.42 Å². The van der Waals surface area contributed by atoms with E-state index in [4.69, 9.17) is 0 Å². The summed E-state index contributed by atoms with van der Waals surface area (Å²) in [6.45, 7) is 9.99. The van der Waals surface area contributed by atoms with Crippen molar-refractivity contribution in [2.45, 2.75) is 32.6 Å². The van der Waals surface area contributed by atoms with E-state index in [1.807, 2.05) is 45.9 Å². The van der Waals surface area contributed by atoms with E-state index in [1.54, 1.807) is 4.31 Å². The Morgan fingerprint density at radius 1 is 0.929 bits per heavy atom. The summed E-state index contributed by atoms with van der Waals surface area (Å²) in [7, 11) is -3.49. The average Bonchev–Trinajstić information content (AvgIpc) is 2.99. The van der Waals surface area contributed by atoms with Crippen molar-refractivity contribution in [1.29, 1.82) is 0 Å². The molecule has 1 aliphatic heterocycles. The maximum absolute atomic E-state index is 13.3. The standard InChI is InChI=1S/C21H26N4O2S/c1-14-11-15(2)21(16(3)12-14)28(26,27)25-9-7-24(8-10-25)18-5-6-19-20(13-18)23-17(4)22-19/h5-6,11-13H,7-10H2,1-4H3,(H,22,23). The first kappa shape index (κ1) is 19.0. The predicted molar refractivity (Wildman–Crippen MR) is 112 cm³/mol. The van der Waals surface area contributed by atoms with Gasteiger partial charge < -0.3 is 9.88 Å². The maximum Gasteiger partial charge on any atom is 0.243 e. The summed E-state index contributed by atoms with van der Waals surface area (Å²) in [5.41, 5.74) is 5.78. The fourth-order valence-electron chi connectivity index (χ4n) is 4.21. The smallest absolute Gasteiger partial charge is 0.243 e. The molecule has 148 valence electrons. The Labute approximate surface area is 166 Å². The van der Waals surface area contributed by atoms with Crippen LogP contribution < -0.4 is 4.90 Å². The topological polar surface area (TPSA) is 69.3 Å². The molecule has 2 aromatic carbocycles. The Kier molecular flexibility index (Phi) is 4.67. The van der Waals surface area contributed by atoms with Crippen LogP contribution in [-0.4, -0.2) is 48.9 Å². The van der Waals surface area contributed by atoms with Gasteiger partial charge in [0, 0.05) is 31.9 Å². The number of hydrogen-bond acceptors (Lipinski definition) is 4. The third-order valence-electron chi connectivity index (χ3n) is 5.39. The second kappa shape index (κ2) is 6.90. The van der Waals surface area contributed by atoms with Crippen molar-refractivity contribution in [3.8, 4) is 0 Å². The van der Waals surface area contributed by atoms with Crippen molar-refractivity contribution >= 4 is 26.7 Å². The number of nitrogens with zero attached hydrogens (tertiary/aromatic N) is 3. The molecule has 1 saturated heterocycles. The number of rotatable bonds is 3. The molecule has 0 amide bonds. The summed E-state index contributed by atoms with van der Waals surface area (Å²) < 4.78 is 28.1. The molecule has 4 rings (SSSR count). The zero-order chi connectivity index (χ0) is 20.1. The molecule has 2 heterocycles. The second-order valence-electron chi connectivity index (χ2n) is 7.64. The van der Waals surface area contributed by atoms with Gasteiger partial charge in [-0.2, -0.15) is 4.31 Å². The molecule has 0 spiro atoms. The quantitative estimate of drug-likeness (QED) is 0.735. The minimum Gasteiger partial charge on any atom is -0.369 e. The van der Waals surface area contributed by atoms with Crippen LogP contribution in [0.25, 0.3) is 11.0 Å². The van der Waals surface area contributed by atoms with Gasteiger partial charge in [0.25, 0.3) is 0 Å². The molecule has 0 atom stereocenters. The number of aromatic amines is 1. The molecular formula is C21H26N4O2S. The fourth-order valence-corrected chi connectivity index (χ4v) is 6.05. The summed E-state index contributed by atoms with van der Waals surface area (Å²) in [4.78, 5) is 10.4. The van der Waals surface area contributed by atoms with Crippen molar-refractivity contribution in [3.63, 3.8) is 0 Å². The maximum atomic E-state index is 13.3. The van der Waals surface area contributed by atoms with Crippen LogP contribution in [0.5, 0.6) is 0 Å². The molecule has 3 aromatic rings. The normalized spacial score (nSPS) is 16.1. The molecule has 1 N–H and O–H groups in total. The minimum atomic E-state index is -3.49. The molecule has 6 nitrogen and oxygen atoms in total. The Morgan fingerprint density at radius 2 is 1.57 bits per heavy atom. The van der Waals surface area contributed by atoms with Gasteiger partial charge in [-0.25, -0.2) is 13.4 Å². The fraction of sp³-hybridized carbons (Fsp3) is 0.381. The highest BCUT2D eigenvalue weighted by atomic mass is 32.2. The third-order valence-corrected chi connectivity index (χ3v) is 7.60. The van der Waals surface area contributed by atoms with Crippen LogP contribution in [0.3, 0.4) is 0 Å². The van der Waals surface area contributed by atoms with E-state index in [9.17, 15) is 8.42 Å². The first-order valence-electron chi connectivity index (χ1n) is 9.55. The van der Waals surface area contributed by atoms with Gasteiger partial charge in [-0.05, 0) is 57.0 Å². The van der Waals surface area contributed by atoms with Gasteiger partial charge in [-0.3, -0.25) is 0 Å². The van der Waals surface area contributed by atoms with Gasteiger partial charge >= 0.3 is 0 Å². The van der Waals surface area contributed by atoms with Crippen molar-refractivity contribution in [2.24, 2.45) is 0 Å². The number of nitrogens with one attached hydrogen (secondary N) is 1. The molecule has 7 heteroatoms. The van der Waals surface area contributed by atoms with Crippen LogP contribution in [0.2, 0.25) is 0 Å². The minimum absolute atomic E-state index is 0.459. The largest absolute Gasteiger partial charge is 0.369 e. The molecule has 28 heavy (non-hydrogen) atoms. The van der Waals surface area contributed by atoms with Gasteiger partial charge in [-0.1, -0.05) is 17.7 Å². The molecule has 0 unspecified atom stereocenters. The lowest BCUT2D eigenvalue weighted by Crippen LogP contribution is -2.48. The number of H-pyrrole nitrogens is 1. The van der Waals surface area contributed by atoms with Crippen molar-refractivity contribution in [1.82, 2.24) is 14.3 Å². The first-order chi connectivity index (χ1) is 13.3. The molecule has 0 bridgehead atoms. The number of imidazole rings is 1. The number of aryl methyl sites for hydroxylation is 4. The number of benzene rings is 2. The number of sulfonamides is 1. The molecule has 1 aliphatic rings. The lowest BCUT2D eigenvalue weighted by molar-refractivity contribution is 0.384. The van der Waals surface area contributed by atoms with Crippen LogP contribution in [-0.2, 0) is 10.0 Å². The van der Waals surface area contributed by atoms with Gasteiger partial charge in [0.2, 0.25) is 10.0 Å². The number of piperazine rings is 1. The molecule has 0 aliphatic carbocycles. The Morgan fingerprint density at radius 3 is 2.21 bits per heavy atom. The second-order valence-corrected chi connectivity index (χ2v) is 9.52. The van der Waals surface area contributed by atoms with Gasteiger partial charge in [0.1, 0.15) is 5.82 Å². The summed E-state index contributed by atoms with van der Waals surface area (Å²) in [6, 6.07) is 10.0. The monoisotopic (exact) mass is 398 g/mol. The van der Waals surface area contributed by atoms with Crippen LogP contribution in [0.1, 0.15) is 22.5 Å². The van der Waals surface area contributed by atoms with Gasteiger partial charge in [0.05, 0.1) is 15.9 Å². The third kappa shape index (κ3) is 3.29. The van der Waals surface area contributed by atoms with E-state index in [0.717, 1.165) is 39.2 Å². The Bertz CT molecular complexity index is 1120. The first-order valence-corrected chi connectivity index (χ1v) is 11.0. The van der Waals surface area contributed by atoms with E-state index in [-0.39, 0.29) is 0 Å². The highest BCUT2D eigenvalue weighted by Gasteiger charge is 2.31. The van der Waals surface area contributed by atoms with E-state index >= 15 is 0 Å². The van der Waals surface area contributed by atoms with Crippen LogP contribution in [0.15, 0.2) is 35.2 Å². The molecule has 1 aromatic heterocycles. The van der Waals surface area contributed by atoms with E-state index < -0.39 is 10.0 Å². The summed E-state index contributed by atoms with van der Waals surface area (Å²) in [5, 5.41) is 0. The van der Waals surface area contributed by atoms with Crippen molar-refractivity contribution in [2.75, 3.05) is 31.1 Å². The highest BCUT2D eigenvalue weighted by Crippen LogP contribution is 2.27. The number of aromatic nitrogens is 2. The molecule has 1 fully saturated rings. The molecular weight excluding hydrogens is 372 g/mol.